The summed E-state index contributed by atoms with van der Waals surface area (Å²) >= 11 is 1.64. The van der Waals surface area contributed by atoms with Crippen LogP contribution in [0.3, 0.4) is 0 Å². The molecule has 1 aromatic carbocycles. The lowest BCUT2D eigenvalue weighted by molar-refractivity contribution is 0.400. The zero-order valence-corrected chi connectivity index (χ0v) is 13.9. The van der Waals surface area contributed by atoms with Crippen molar-refractivity contribution in [2.75, 3.05) is 6.54 Å². The Bertz CT molecular complexity index is 736. The van der Waals surface area contributed by atoms with Gasteiger partial charge in [-0.2, -0.15) is 4.31 Å². The fraction of sp³-hybridized carbons (Fsp3) is 0.375. The minimum atomic E-state index is -3.42. The van der Waals surface area contributed by atoms with E-state index in [1.165, 1.54) is 0 Å². The summed E-state index contributed by atoms with van der Waals surface area (Å²) in [7, 11) is -3.42. The Balaban J connectivity index is 2.01. The van der Waals surface area contributed by atoms with Gasteiger partial charge in [-0.05, 0) is 49.8 Å². The number of hydrogen-bond acceptors (Lipinski definition) is 3. The molecule has 3 nitrogen and oxygen atoms in total. The Morgan fingerprint density at radius 2 is 2.05 bits per heavy atom. The van der Waals surface area contributed by atoms with E-state index in [9.17, 15) is 8.42 Å². The summed E-state index contributed by atoms with van der Waals surface area (Å²) < 4.78 is 27.7. The van der Waals surface area contributed by atoms with Crippen molar-refractivity contribution in [1.29, 1.82) is 0 Å². The number of rotatable bonds is 3. The standard InChI is InChI=1S/C16H19NO2S2/c1-12-7-8-16(13(2)11-12)21(18,19)17-9-3-5-14(17)15-6-4-10-20-15/h4,6-8,10-11,14H,3,5,9H2,1-2H3. The van der Waals surface area contributed by atoms with E-state index >= 15 is 0 Å². The van der Waals surface area contributed by atoms with E-state index in [-0.39, 0.29) is 6.04 Å². The van der Waals surface area contributed by atoms with Crippen molar-refractivity contribution in [1.82, 2.24) is 4.31 Å². The average molecular weight is 321 g/mol. The Labute approximate surface area is 130 Å². The molecule has 3 rings (SSSR count). The van der Waals surface area contributed by atoms with E-state index in [0.29, 0.717) is 11.4 Å². The SMILES string of the molecule is Cc1ccc(S(=O)(=O)N2CCCC2c2cccs2)c(C)c1. The highest BCUT2D eigenvalue weighted by Crippen LogP contribution is 2.38. The Hall–Kier alpha value is -1.17. The summed E-state index contributed by atoms with van der Waals surface area (Å²) in [6.07, 6.45) is 1.83. The first-order valence-corrected chi connectivity index (χ1v) is 9.44. The Morgan fingerprint density at radius 1 is 1.24 bits per heavy atom. The molecule has 1 aliphatic heterocycles. The summed E-state index contributed by atoms with van der Waals surface area (Å²) in [4.78, 5) is 1.58. The molecule has 0 saturated carbocycles. The van der Waals surface area contributed by atoms with Gasteiger partial charge in [-0.3, -0.25) is 0 Å². The van der Waals surface area contributed by atoms with E-state index < -0.39 is 10.0 Å². The lowest BCUT2D eigenvalue weighted by atomic mass is 10.2. The molecule has 1 fully saturated rings. The topological polar surface area (TPSA) is 37.4 Å². The van der Waals surface area contributed by atoms with Crippen molar-refractivity contribution >= 4 is 21.4 Å². The molecule has 0 aliphatic carbocycles. The Kier molecular flexibility index (Phi) is 3.90. The molecule has 0 bridgehead atoms. The van der Waals surface area contributed by atoms with Crippen molar-refractivity contribution in [3.05, 3.63) is 51.7 Å². The predicted molar refractivity (Wildman–Crippen MR) is 86.1 cm³/mol. The van der Waals surface area contributed by atoms with Crippen LogP contribution < -0.4 is 0 Å². The van der Waals surface area contributed by atoms with Gasteiger partial charge in [0.15, 0.2) is 0 Å². The van der Waals surface area contributed by atoms with Crippen molar-refractivity contribution in [2.24, 2.45) is 0 Å². The van der Waals surface area contributed by atoms with Gasteiger partial charge in [-0.15, -0.1) is 11.3 Å². The lowest BCUT2D eigenvalue weighted by Crippen LogP contribution is -2.30. The van der Waals surface area contributed by atoms with Crippen molar-refractivity contribution in [2.45, 2.75) is 37.6 Å². The quantitative estimate of drug-likeness (QED) is 0.860. The molecule has 0 radical (unpaired) electrons. The third-order valence-corrected chi connectivity index (χ3v) is 7.03. The maximum absolute atomic E-state index is 13.0. The molecule has 0 spiro atoms. The van der Waals surface area contributed by atoms with E-state index in [1.807, 2.05) is 43.5 Å². The van der Waals surface area contributed by atoms with Gasteiger partial charge < -0.3 is 0 Å². The van der Waals surface area contributed by atoms with E-state index in [1.54, 1.807) is 21.7 Å². The molecule has 2 aromatic rings. The molecule has 1 aromatic heterocycles. The Morgan fingerprint density at radius 3 is 2.71 bits per heavy atom. The number of aryl methyl sites for hydroxylation is 2. The second-order valence-corrected chi connectivity index (χ2v) is 8.40. The average Bonchev–Trinajstić information content (AvgIpc) is 3.09. The molecule has 0 amide bonds. The highest BCUT2D eigenvalue weighted by atomic mass is 32.2. The molecule has 112 valence electrons. The summed E-state index contributed by atoms with van der Waals surface area (Å²) in [6, 6.07) is 9.56. The van der Waals surface area contributed by atoms with Crippen molar-refractivity contribution < 1.29 is 8.42 Å². The molecule has 1 atom stereocenters. The normalized spacial score (nSPS) is 20.0. The maximum Gasteiger partial charge on any atom is 0.243 e. The third-order valence-electron chi connectivity index (χ3n) is 3.99. The number of hydrogen-bond donors (Lipinski definition) is 0. The molecular formula is C16H19NO2S2. The van der Waals surface area contributed by atoms with Crippen LogP contribution in [0.4, 0.5) is 0 Å². The predicted octanol–water partition coefficient (Wildman–Crippen LogP) is 3.89. The summed E-state index contributed by atoms with van der Waals surface area (Å²) in [5.74, 6) is 0. The second-order valence-electron chi connectivity index (χ2n) is 5.56. The minimum absolute atomic E-state index is 0.00398. The summed E-state index contributed by atoms with van der Waals surface area (Å²) in [5, 5.41) is 2.01. The van der Waals surface area contributed by atoms with Crippen LogP contribution >= 0.6 is 11.3 Å². The maximum atomic E-state index is 13.0. The molecule has 2 heterocycles. The van der Waals surface area contributed by atoms with Crippen LogP contribution in [0, 0.1) is 13.8 Å². The lowest BCUT2D eigenvalue weighted by Gasteiger charge is -2.24. The van der Waals surface area contributed by atoms with Crippen LogP contribution in [0.2, 0.25) is 0 Å². The molecule has 0 N–H and O–H groups in total. The summed E-state index contributed by atoms with van der Waals surface area (Å²) in [5.41, 5.74) is 1.91. The van der Waals surface area contributed by atoms with Gasteiger partial charge in [-0.1, -0.05) is 23.8 Å². The van der Waals surface area contributed by atoms with Gasteiger partial charge in [0.25, 0.3) is 0 Å². The minimum Gasteiger partial charge on any atom is -0.207 e. The fourth-order valence-corrected chi connectivity index (χ4v) is 5.83. The van der Waals surface area contributed by atoms with Crippen molar-refractivity contribution in [3.63, 3.8) is 0 Å². The first-order chi connectivity index (χ1) is 10.00. The zero-order valence-electron chi connectivity index (χ0n) is 12.2. The molecule has 21 heavy (non-hydrogen) atoms. The van der Waals surface area contributed by atoms with Crippen LogP contribution in [0.15, 0.2) is 40.6 Å². The second kappa shape index (κ2) is 5.55. The molecule has 5 heteroatoms. The van der Waals surface area contributed by atoms with Crippen LogP contribution in [-0.4, -0.2) is 19.3 Å². The monoisotopic (exact) mass is 321 g/mol. The fourth-order valence-electron chi connectivity index (χ4n) is 3.01. The number of benzene rings is 1. The first kappa shape index (κ1) is 14.8. The molecule has 1 aliphatic rings. The number of thiophene rings is 1. The van der Waals surface area contributed by atoms with Gasteiger partial charge in [0.1, 0.15) is 0 Å². The van der Waals surface area contributed by atoms with E-state index in [0.717, 1.165) is 28.8 Å². The van der Waals surface area contributed by atoms with Crippen LogP contribution in [0.25, 0.3) is 0 Å². The van der Waals surface area contributed by atoms with Gasteiger partial charge in [0, 0.05) is 11.4 Å². The first-order valence-electron chi connectivity index (χ1n) is 7.12. The molecule has 1 saturated heterocycles. The van der Waals surface area contributed by atoms with E-state index in [4.69, 9.17) is 0 Å². The van der Waals surface area contributed by atoms with E-state index in [2.05, 4.69) is 0 Å². The van der Waals surface area contributed by atoms with Crippen LogP contribution in [0.5, 0.6) is 0 Å². The van der Waals surface area contributed by atoms with Crippen LogP contribution in [0.1, 0.15) is 34.9 Å². The zero-order chi connectivity index (χ0) is 15.0. The van der Waals surface area contributed by atoms with Crippen LogP contribution in [-0.2, 0) is 10.0 Å². The van der Waals surface area contributed by atoms with Gasteiger partial charge in [0.05, 0.1) is 10.9 Å². The highest BCUT2D eigenvalue weighted by molar-refractivity contribution is 7.89. The van der Waals surface area contributed by atoms with Gasteiger partial charge >= 0.3 is 0 Å². The molecular weight excluding hydrogens is 302 g/mol. The third kappa shape index (κ3) is 2.65. The number of sulfonamides is 1. The summed E-state index contributed by atoms with van der Waals surface area (Å²) in [6.45, 7) is 4.46. The van der Waals surface area contributed by atoms with Crippen molar-refractivity contribution in [3.8, 4) is 0 Å². The number of nitrogens with zero attached hydrogens (tertiary/aromatic N) is 1. The smallest absolute Gasteiger partial charge is 0.207 e. The largest absolute Gasteiger partial charge is 0.243 e. The van der Waals surface area contributed by atoms with Gasteiger partial charge in [0.2, 0.25) is 10.0 Å². The highest BCUT2D eigenvalue weighted by Gasteiger charge is 2.37. The van der Waals surface area contributed by atoms with Gasteiger partial charge in [-0.25, -0.2) is 8.42 Å². The molecule has 1 unspecified atom stereocenters.